The van der Waals surface area contributed by atoms with Crippen LogP contribution in [0.1, 0.15) is 72.3 Å². The van der Waals surface area contributed by atoms with Crippen molar-refractivity contribution in [3.8, 4) is 5.75 Å². The van der Waals surface area contributed by atoms with E-state index >= 15 is 0 Å². The normalized spacial score (nSPS) is 19.6. The molecule has 0 spiro atoms. The van der Waals surface area contributed by atoms with Gasteiger partial charge in [0.1, 0.15) is 5.75 Å². The Hall–Kier alpha value is -0.923. The molecule has 1 heterocycles. The van der Waals surface area contributed by atoms with Gasteiger partial charge in [-0.2, -0.15) is 0 Å². The van der Waals surface area contributed by atoms with E-state index in [-0.39, 0.29) is 0 Å². The van der Waals surface area contributed by atoms with Crippen molar-refractivity contribution >= 4 is 14.0 Å². The molecule has 0 amide bonds. The van der Waals surface area contributed by atoms with Crippen molar-refractivity contribution in [1.82, 2.24) is 0 Å². The summed E-state index contributed by atoms with van der Waals surface area (Å²) >= 11 is 0. The Morgan fingerprint density at radius 2 is 1.63 bits per heavy atom. The van der Waals surface area contributed by atoms with Crippen molar-refractivity contribution in [2.24, 2.45) is 0 Å². The van der Waals surface area contributed by atoms with Crippen molar-refractivity contribution < 1.29 is 22.8 Å². The summed E-state index contributed by atoms with van der Waals surface area (Å²) in [6.07, 6.45) is 5.73. The van der Waals surface area contributed by atoms with Crippen LogP contribution in [0.4, 0.5) is 0 Å². The smallest absolute Gasteiger partial charge is 0.462 e. The van der Waals surface area contributed by atoms with E-state index in [0.717, 1.165) is 29.3 Å². The lowest BCUT2D eigenvalue weighted by Gasteiger charge is -2.36. The molecule has 0 aromatic heterocycles. The number of hydrogen-bond acceptors (Lipinski definition) is 5. The zero-order valence-corrected chi connectivity index (χ0v) is 18.6. The number of unbranched alkanes of at least 4 members (excludes halogenated alkanes) is 3. The molecular formula is C21H36O5Si. The van der Waals surface area contributed by atoms with Gasteiger partial charge >= 0.3 is 8.80 Å². The Balaban J connectivity index is 2.17. The zero-order valence-electron chi connectivity index (χ0n) is 17.6. The number of fused-ring (bicyclic) bond motifs is 1. The average Bonchev–Trinajstić information content (AvgIpc) is 2.65. The van der Waals surface area contributed by atoms with E-state index < -0.39 is 14.6 Å². The monoisotopic (exact) mass is 396 g/mol. The van der Waals surface area contributed by atoms with Gasteiger partial charge in [-0.15, -0.1) is 0 Å². The first-order chi connectivity index (χ1) is 13.0. The van der Waals surface area contributed by atoms with Crippen molar-refractivity contribution in [3.05, 3.63) is 23.8 Å². The van der Waals surface area contributed by atoms with E-state index in [1.54, 1.807) is 0 Å². The third-order valence-corrected chi connectivity index (χ3v) is 7.78. The van der Waals surface area contributed by atoms with Crippen molar-refractivity contribution in [3.63, 3.8) is 0 Å². The largest absolute Gasteiger partial charge is 0.537 e. The van der Waals surface area contributed by atoms with Crippen molar-refractivity contribution in [2.45, 2.75) is 79.1 Å². The standard InChI is InChI=1S/C21H36O5Si/c1-6-10-11-12-15-21(5)22-17-18-16-19(13-14-20(18)26-21)27(23-7-2,24-8-3)25-9-4/h13-14,16H,6-12,15,17H2,1-5H3. The lowest BCUT2D eigenvalue weighted by molar-refractivity contribution is -0.198. The van der Waals surface area contributed by atoms with Gasteiger partial charge in [0, 0.05) is 43.9 Å². The van der Waals surface area contributed by atoms with Crippen LogP contribution in [0.3, 0.4) is 0 Å². The molecule has 27 heavy (non-hydrogen) atoms. The Morgan fingerprint density at radius 3 is 2.22 bits per heavy atom. The van der Waals surface area contributed by atoms with Crippen LogP contribution in [0.5, 0.6) is 5.75 Å². The highest BCUT2D eigenvalue weighted by Gasteiger charge is 2.44. The van der Waals surface area contributed by atoms with Gasteiger partial charge in [-0.3, -0.25) is 0 Å². The van der Waals surface area contributed by atoms with Gasteiger partial charge in [-0.25, -0.2) is 0 Å². The van der Waals surface area contributed by atoms with E-state index in [0.29, 0.717) is 26.4 Å². The minimum atomic E-state index is -2.91. The maximum Gasteiger partial charge on any atom is 0.537 e. The fourth-order valence-electron chi connectivity index (χ4n) is 3.42. The highest BCUT2D eigenvalue weighted by molar-refractivity contribution is 6.75. The summed E-state index contributed by atoms with van der Waals surface area (Å²) in [6, 6.07) is 6.10. The number of ether oxygens (including phenoxy) is 2. The van der Waals surface area contributed by atoms with Crippen LogP contribution in [0.25, 0.3) is 0 Å². The van der Waals surface area contributed by atoms with Gasteiger partial charge in [-0.05, 0) is 39.3 Å². The van der Waals surface area contributed by atoms with Gasteiger partial charge in [0.15, 0.2) is 0 Å². The first-order valence-electron chi connectivity index (χ1n) is 10.4. The van der Waals surface area contributed by atoms with E-state index in [9.17, 15) is 0 Å². The summed E-state index contributed by atoms with van der Waals surface area (Å²) < 4.78 is 30.4. The molecule has 1 aliphatic rings. The maximum absolute atomic E-state index is 6.22. The van der Waals surface area contributed by atoms with Gasteiger partial charge in [0.05, 0.1) is 6.61 Å². The van der Waals surface area contributed by atoms with Gasteiger partial charge < -0.3 is 22.8 Å². The maximum atomic E-state index is 6.22. The first kappa shape index (κ1) is 22.4. The molecule has 1 atom stereocenters. The molecule has 0 saturated heterocycles. The second kappa shape index (κ2) is 10.6. The number of hydrogen-bond donors (Lipinski definition) is 0. The second-order valence-electron chi connectivity index (χ2n) is 7.01. The van der Waals surface area contributed by atoms with Crippen LogP contribution < -0.4 is 9.92 Å². The van der Waals surface area contributed by atoms with Crippen LogP contribution in [-0.4, -0.2) is 34.4 Å². The minimum Gasteiger partial charge on any atom is -0.462 e. The molecule has 0 N–H and O–H groups in total. The highest BCUT2D eigenvalue weighted by Crippen LogP contribution is 2.34. The van der Waals surface area contributed by atoms with Gasteiger partial charge in [-0.1, -0.05) is 32.3 Å². The molecule has 0 aliphatic carbocycles. The number of benzene rings is 1. The molecule has 6 heteroatoms. The van der Waals surface area contributed by atoms with Crippen LogP contribution in [0.2, 0.25) is 0 Å². The lowest BCUT2D eigenvalue weighted by Crippen LogP contribution is -2.57. The van der Waals surface area contributed by atoms with Crippen LogP contribution in [-0.2, 0) is 24.6 Å². The highest BCUT2D eigenvalue weighted by atomic mass is 28.4. The molecule has 1 aromatic rings. The molecule has 5 nitrogen and oxygen atoms in total. The molecule has 1 unspecified atom stereocenters. The SMILES string of the molecule is CCCCCCC1(C)OCc2cc([Si](OCC)(OCC)OCC)ccc2O1. The van der Waals surface area contributed by atoms with Crippen molar-refractivity contribution in [2.75, 3.05) is 19.8 Å². The Labute approximate surface area is 165 Å². The molecule has 1 aliphatic heterocycles. The molecule has 1 aromatic carbocycles. The van der Waals surface area contributed by atoms with Gasteiger partial charge in [0.25, 0.3) is 0 Å². The summed E-state index contributed by atoms with van der Waals surface area (Å²) in [4.78, 5) is 0. The molecular weight excluding hydrogens is 360 g/mol. The summed E-state index contributed by atoms with van der Waals surface area (Å²) in [5.74, 6) is 0.340. The molecule has 0 bridgehead atoms. The van der Waals surface area contributed by atoms with E-state index in [2.05, 4.69) is 13.0 Å². The Morgan fingerprint density at radius 1 is 0.963 bits per heavy atom. The molecule has 0 fully saturated rings. The van der Waals surface area contributed by atoms with Crippen LogP contribution in [0, 0.1) is 0 Å². The molecule has 2 rings (SSSR count). The third-order valence-electron chi connectivity index (χ3n) is 4.76. The van der Waals surface area contributed by atoms with Gasteiger partial charge in [0.2, 0.25) is 5.79 Å². The van der Waals surface area contributed by atoms with E-state index in [1.165, 1.54) is 19.3 Å². The minimum absolute atomic E-state index is 0.530. The van der Waals surface area contributed by atoms with E-state index in [1.807, 2.05) is 39.8 Å². The zero-order chi connectivity index (χ0) is 19.8. The topological polar surface area (TPSA) is 46.2 Å². The van der Waals surface area contributed by atoms with Crippen LogP contribution >= 0.6 is 0 Å². The molecule has 0 radical (unpaired) electrons. The van der Waals surface area contributed by atoms with Crippen molar-refractivity contribution in [1.29, 1.82) is 0 Å². The lowest BCUT2D eigenvalue weighted by atomic mass is 10.1. The summed E-state index contributed by atoms with van der Waals surface area (Å²) in [6.45, 7) is 12.3. The quantitative estimate of drug-likeness (QED) is 0.383. The average molecular weight is 397 g/mol. The molecule has 0 saturated carbocycles. The Bertz CT molecular complexity index is 563. The number of rotatable bonds is 12. The fourth-order valence-corrected chi connectivity index (χ4v) is 5.94. The summed E-state index contributed by atoms with van der Waals surface area (Å²) in [7, 11) is -2.91. The first-order valence-corrected chi connectivity index (χ1v) is 12.1. The third kappa shape index (κ3) is 5.78. The second-order valence-corrected chi connectivity index (χ2v) is 9.57. The molecule has 154 valence electrons. The van der Waals surface area contributed by atoms with Crippen LogP contribution in [0.15, 0.2) is 18.2 Å². The Kier molecular flexibility index (Phi) is 8.76. The predicted molar refractivity (Wildman–Crippen MR) is 109 cm³/mol. The fraction of sp³-hybridized carbons (Fsp3) is 0.714. The van der Waals surface area contributed by atoms with E-state index in [4.69, 9.17) is 22.8 Å². The summed E-state index contributed by atoms with van der Waals surface area (Å²) in [5, 5.41) is 0.963. The summed E-state index contributed by atoms with van der Waals surface area (Å²) in [5.41, 5.74) is 1.02. The predicted octanol–water partition coefficient (Wildman–Crippen LogP) is 4.54.